The molecule has 3 amide bonds. The Labute approximate surface area is 156 Å². The Kier molecular flexibility index (Phi) is 7.33. The minimum absolute atomic E-state index is 0.106. The van der Waals surface area contributed by atoms with Crippen LogP contribution in [0.4, 0.5) is 11.4 Å². The van der Waals surface area contributed by atoms with Crippen molar-refractivity contribution in [3.63, 3.8) is 0 Å². The van der Waals surface area contributed by atoms with Crippen LogP contribution in [0.5, 0.6) is 5.75 Å². The van der Waals surface area contributed by atoms with Gasteiger partial charge in [-0.3, -0.25) is 14.4 Å². The molecule has 0 aliphatic heterocycles. The molecule has 0 aliphatic rings. The highest BCUT2D eigenvalue weighted by Gasteiger charge is 2.11. The van der Waals surface area contributed by atoms with E-state index < -0.39 is 5.91 Å². The van der Waals surface area contributed by atoms with Crippen molar-refractivity contribution < 1.29 is 23.9 Å². The highest BCUT2D eigenvalue weighted by molar-refractivity contribution is 6.00. The van der Waals surface area contributed by atoms with Crippen LogP contribution in [0.3, 0.4) is 0 Å². The van der Waals surface area contributed by atoms with E-state index in [1.165, 1.54) is 14.2 Å². The molecule has 0 aromatic heterocycles. The molecule has 0 bridgehead atoms. The SMILES string of the molecule is COCC(=O)Nc1cc(NC(=O)CNC(=O)c2ccccc2)ccc1OC. The first-order valence-corrected chi connectivity index (χ1v) is 8.13. The smallest absolute Gasteiger partial charge is 0.251 e. The summed E-state index contributed by atoms with van der Waals surface area (Å²) in [6.07, 6.45) is 0. The molecule has 2 aromatic carbocycles. The van der Waals surface area contributed by atoms with Crippen molar-refractivity contribution in [1.29, 1.82) is 0 Å². The lowest BCUT2D eigenvalue weighted by molar-refractivity contribution is -0.119. The van der Waals surface area contributed by atoms with Gasteiger partial charge in [-0.25, -0.2) is 0 Å². The van der Waals surface area contributed by atoms with Gasteiger partial charge in [0.1, 0.15) is 12.4 Å². The molecule has 27 heavy (non-hydrogen) atoms. The summed E-state index contributed by atoms with van der Waals surface area (Å²) < 4.78 is 9.96. The fourth-order valence-corrected chi connectivity index (χ4v) is 2.26. The molecule has 8 heteroatoms. The lowest BCUT2D eigenvalue weighted by Gasteiger charge is -2.13. The van der Waals surface area contributed by atoms with E-state index in [4.69, 9.17) is 9.47 Å². The van der Waals surface area contributed by atoms with E-state index in [0.29, 0.717) is 22.7 Å². The Morgan fingerprint density at radius 1 is 0.926 bits per heavy atom. The number of hydrogen-bond donors (Lipinski definition) is 3. The topological polar surface area (TPSA) is 106 Å². The maximum absolute atomic E-state index is 12.1. The maximum Gasteiger partial charge on any atom is 0.251 e. The van der Waals surface area contributed by atoms with Crippen molar-refractivity contribution >= 4 is 29.1 Å². The van der Waals surface area contributed by atoms with Crippen LogP contribution in [-0.2, 0) is 14.3 Å². The van der Waals surface area contributed by atoms with Crippen molar-refractivity contribution in [3.8, 4) is 5.75 Å². The van der Waals surface area contributed by atoms with Crippen LogP contribution in [-0.4, -0.2) is 45.1 Å². The first kappa shape index (κ1) is 19.9. The number of hydrogen-bond acceptors (Lipinski definition) is 5. The van der Waals surface area contributed by atoms with E-state index in [2.05, 4.69) is 16.0 Å². The zero-order valence-electron chi connectivity index (χ0n) is 15.1. The van der Waals surface area contributed by atoms with Crippen molar-refractivity contribution in [3.05, 3.63) is 54.1 Å². The minimum Gasteiger partial charge on any atom is -0.495 e. The third-order valence-corrected chi connectivity index (χ3v) is 3.48. The van der Waals surface area contributed by atoms with Crippen LogP contribution in [0.2, 0.25) is 0 Å². The second-order valence-corrected chi connectivity index (χ2v) is 5.49. The number of carbonyl (C=O) groups excluding carboxylic acids is 3. The van der Waals surface area contributed by atoms with Gasteiger partial charge in [0.15, 0.2) is 0 Å². The number of amides is 3. The molecule has 2 rings (SSSR count). The fourth-order valence-electron chi connectivity index (χ4n) is 2.26. The number of benzene rings is 2. The summed E-state index contributed by atoms with van der Waals surface area (Å²) in [4.78, 5) is 35.7. The number of anilines is 2. The lowest BCUT2D eigenvalue weighted by atomic mass is 10.2. The Balaban J connectivity index is 1.96. The summed E-state index contributed by atoms with van der Waals surface area (Å²) in [5.74, 6) is -0.657. The van der Waals surface area contributed by atoms with Gasteiger partial charge in [-0.15, -0.1) is 0 Å². The molecule has 0 atom stereocenters. The summed E-state index contributed by atoms with van der Waals surface area (Å²) in [7, 11) is 2.88. The van der Waals surface area contributed by atoms with Gasteiger partial charge in [0, 0.05) is 18.4 Å². The van der Waals surface area contributed by atoms with Crippen LogP contribution in [0, 0.1) is 0 Å². The average molecular weight is 371 g/mol. The van der Waals surface area contributed by atoms with Gasteiger partial charge >= 0.3 is 0 Å². The largest absolute Gasteiger partial charge is 0.495 e. The van der Waals surface area contributed by atoms with Crippen LogP contribution < -0.4 is 20.7 Å². The maximum atomic E-state index is 12.1. The second kappa shape index (κ2) is 9.93. The number of nitrogens with one attached hydrogen (secondary N) is 3. The number of carbonyl (C=O) groups is 3. The fraction of sp³-hybridized carbons (Fsp3) is 0.211. The molecule has 0 saturated carbocycles. The monoisotopic (exact) mass is 371 g/mol. The quantitative estimate of drug-likeness (QED) is 0.654. The highest BCUT2D eigenvalue weighted by Crippen LogP contribution is 2.27. The summed E-state index contributed by atoms with van der Waals surface area (Å²) in [6, 6.07) is 13.4. The van der Waals surface area contributed by atoms with Crippen LogP contribution >= 0.6 is 0 Å². The molecule has 0 radical (unpaired) electrons. The number of rotatable bonds is 8. The molecule has 0 saturated heterocycles. The number of methoxy groups -OCH3 is 2. The molecule has 142 valence electrons. The van der Waals surface area contributed by atoms with Crippen LogP contribution in [0.15, 0.2) is 48.5 Å². The predicted molar refractivity (Wildman–Crippen MR) is 101 cm³/mol. The predicted octanol–water partition coefficient (Wildman–Crippen LogP) is 1.65. The van der Waals surface area contributed by atoms with Gasteiger partial charge in [0.05, 0.1) is 19.3 Å². The van der Waals surface area contributed by atoms with Crippen molar-refractivity contribution in [2.75, 3.05) is 38.0 Å². The standard InChI is InChI=1S/C19H21N3O5/c1-26-12-18(24)22-15-10-14(8-9-16(15)27-2)21-17(23)11-20-19(25)13-6-4-3-5-7-13/h3-10H,11-12H2,1-2H3,(H,20,25)(H,21,23)(H,22,24). The normalized spacial score (nSPS) is 10.0. The Bertz CT molecular complexity index is 808. The second-order valence-electron chi connectivity index (χ2n) is 5.49. The zero-order chi connectivity index (χ0) is 19.6. The van der Waals surface area contributed by atoms with E-state index in [-0.39, 0.29) is 25.0 Å². The van der Waals surface area contributed by atoms with Crippen molar-refractivity contribution in [1.82, 2.24) is 5.32 Å². The van der Waals surface area contributed by atoms with Gasteiger partial charge in [0.25, 0.3) is 5.91 Å². The molecule has 8 nitrogen and oxygen atoms in total. The summed E-state index contributed by atoms with van der Waals surface area (Å²) in [5, 5.41) is 7.83. The molecule has 0 spiro atoms. The van der Waals surface area contributed by atoms with E-state index in [9.17, 15) is 14.4 Å². The molecule has 0 unspecified atom stereocenters. The van der Waals surface area contributed by atoms with E-state index >= 15 is 0 Å². The first-order chi connectivity index (χ1) is 13.0. The van der Waals surface area contributed by atoms with E-state index in [0.717, 1.165) is 0 Å². The van der Waals surface area contributed by atoms with Gasteiger partial charge < -0.3 is 25.4 Å². The Morgan fingerprint density at radius 2 is 1.67 bits per heavy atom. The summed E-state index contributed by atoms with van der Waals surface area (Å²) >= 11 is 0. The van der Waals surface area contributed by atoms with Gasteiger partial charge in [-0.05, 0) is 30.3 Å². The van der Waals surface area contributed by atoms with Crippen LogP contribution in [0.25, 0.3) is 0 Å². The lowest BCUT2D eigenvalue weighted by Crippen LogP contribution is -2.32. The summed E-state index contributed by atoms with van der Waals surface area (Å²) in [5.41, 5.74) is 1.31. The van der Waals surface area contributed by atoms with E-state index in [1.54, 1.807) is 48.5 Å². The molecule has 3 N–H and O–H groups in total. The first-order valence-electron chi connectivity index (χ1n) is 8.13. The Hall–Kier alpha value is -3.39. The third-order valence-electron chi connectivity index (χ3n) is 3.48. The van der Waals surface area contributed by atoms with Crippen molar-refractivity contribution in [2.45, 2.75) is 0 Å². The highest BCUT2D eigenvalue weighted by atomic mass is 16.5. The molecular formula is C19H21N3O5. The number of ether oxygens (including phenoxy) is 2. The van der Waals surface area contributed by atoms with Gasteiger partial charge in [-0.2, -0.15) is 0 Å². The minimum atomic E-state index is -0.404. The Morgan fingerprint density at radius 3 is 2.33 bits per heavy atom. The molecule has 2 aromatic rings. The average Bonchev–Trinajstić information content (AvgIpc) is 2.67. The van der Waals surface area contributed by atoms with Crippen LogP contribution in [0.1, 0.15) is 10.4 Å². The molecule has 0 heterocycles. The molecule has 0 fully saturated rings. The summed E-state index contributed by atoms with van der Waals surface area (Å²) in [6.45, 7) is -0.295. The third kappa shape index (κ3) is 6.12. The zero-order valence-corrected chi connectivity index (χ0v) is 15.1. The molecule has 0 aliphatic carbocycles. The van der Waals surface area contributed by atoms with Crippen molar-refractivity contribution in [2.24, 2.45) is 0 Å². The van der Waals surface area contributed by atoms with Gasteiger partial charge in [0.2, 0.25) is 11.8 Å². The van der Waals surface area contributed by atoms with Gasteiger partial charge in [-0.1, -0.05) is 18.2 Å². The molecular weight excluding hydrogens is 350 g/mol. The van der Waals surface area contributed by atoms with E-state index in [1.807, 2.05) is 0 Å².